The molecule has 0 aliphatic rings. The number of halogens is 4. The third-order valence-corrected chi connectivity index (χ3v) is 9.25. The molecule has 2 heterocycles. The molecule has 0 aliphatic heterocycles. The van der Waals surface area contributed by atoms with E-state index in [1.54, 1.807) is 36.4 Å². The molecule has 6 rings (SSSR count). The molecule has 0 atom stereocenters. The molecular weight excluding hydrogens is 779 g/mol. The molecule has 1 amide bonds. The molecular formula is C32H20Br3FN4O5. The molecule has 0 spiro atoms. The number of carbonyl (C=O) groups excluding carboxylic acids is 1. The van der Waals surface area contributed by atoms with Gasteiger partial charge in [0.25, 0.3) is 11.5 Å². The van der Waals surface area contributed by atoms with E-state index in [9.17, 15) is 14.0 Å². The lowest BCUT2D eigenvalue weighted by molar-refractivity contribution is -0.118. The van der Waals surface area contributed by atoms with Gasteiger partial charge in [0, 0.05) is 25.6 Å². The maximum atomic E-state index is 13.7. The highest BCUT2D eigenvalue weighted by atomic mass is 79.9. The van der Waals surface area contributed by atoms with E-state index in [1.807, 2.05) is 18.2 Å². The Balaban J connectivity index is 1.34. The number of hydrogen-bond acceptors (Lipinski definition) is 7. The molecule has 0 bridgehead atoms. The second-order valence-corrected chi connectivity index (χ2v) is 12.1. The van der Waals surface area contributed by atoms with Crippen LogP contribution in [0.25, 0.3) is 33.5 Å². The van der Waals surface area contributed by atoms with Crippen LogP contribution in [0.2, 0.25) is 0 Å². The highest BCUT2D eigenvalue weighted by Gasteiger charge is 2.20. The lowest BCUT2D eigenvalue weighted by Gasteiger charge is -2.15. The second-order valence-electron chi connectivity index (χ2n) is 9.58. The summed E-state index contributed by atoms with van der Waals surface area (Å²) in [6, 6.07) is 21.4. The maximum absolute atomic E-state index is 13.7. The lowest BCUT2D eigenvalue weighted by atomic mass is 10.2. The molecule has 0 fully saturated rings. The van der Waals surface area contributed by atoms with Crippen molar-refractivity contribution in [2.45, 2.75) is 0 Å². The Hall–Kier alpha value is -4.33. The number of nitrogens with one attached hydrogen (secondary N) is 1. The van der Waals surface area contributed by atoms with Gasteiger partial charge in [-0.25, -0.2) is 9.37 Å². The summed E-state index contributed by atoms with van der Waals surface area (Å²) in [6.07, 6.45) is 1.48. The molecule has 0 saturated carbocycles. The molecule has 1 N–H and O–H groups in total. The number of amides is 1. The Labute approximate surface area is 280 Å². The molecule has 0 unspecified atom stereocenters. The summed E-state index contributed by atoms with van der Waals surface area (Å²) in [6.45, 7) is -0.345. The van der Waals surface area contributed by atoms with Gasteiger partial charge in [0.15, 0.2) is 23.9 Å². The van der Waals surface area contributed by atoms with Crippen LogP contribution in [-0.2, 0) is 4.79 Å². The molecule has 45 heavy (non-hydrogen) atoms. The van der Waals surface area contributed by atoms with Crippen molar-refractivity contribution >= 4 is 87.5 Å². The van der Waals surface area contributed by atoms with Gasteiger partial charge in [0.2, 0.25) is 5.82 Å². The normalized spacial score (nSPS) is 11.4. The topological polar surface area (TPSA) is 108 Å². The smallest absolute Gasteiger partial charge is 0.282 e. The largest absolute Gasteiger partial charge is 0.493 e. The number of fused-ring (bicyclic) bond motifs is 2. The van der Waals surface area contributed by atoms with E-state index >= 15 is 0 Å². The number of methoxy groups -OCH3 is 1. The summed E-state index contributed by atoms with van der Waals surface area (Å²) in [7, 11) is 1.46. The fourth-order valence-corrected chi connectivity index (χ4v) is 5.80. The fourth-order valence-electron chi connectivity index (χ4n) is 4.49. The number of hydrogen-bond donors (Lipinski definition) is 1. The van der Waals surface area contributed by atoms with Gasteiger partial charge in [-0.05, 0) is 98.6 Å². The van der Waals surface area contributed by atoms with Crippen molar-refractivity contribution in [2.24, 2.45) is 5.10 Å². The Kier molecular flexibility index (Phi) is 8.83. The van der Waals surface area contributed by atoms with Crippen molar-refractivity contribution in [2.75, 3.05) is 19.0 Å². The van der Waals surface area contributed by atoms with E-state index in [0.717, 1.165) is 9.86 Å². The third-order valence-electron chi connectivity index (χ3n) is 6.62. The van der Waals surface area contributed by atoms with Crippen molar-refractivity contribution in [1.29, 1.82) is 0 Å². The van der Waals surface area contributed by atoms with E-state index in [1.165, 1.54) is 42.3 Å². The minimum absolute atomic E-state index is 0.219. The third kappa shape index (κ3) is 6.42. The van der Waals surface area contributed by atoms with E-state index in [2.05, 4.69) is 58.2 Å². The first-order valence-corrected chi connectivity index (χ1v) is 15.6. The summed E-state index contributed by atoms with van der Waals surface area (Å²) < 4.78 is 33.6. The van der Waals surface area contributed by atoms with Crippen LogP contribution in [-0.4, -0.2) is 35.5 Å². The Morgan fingerprint density at radius 1 is 1.04 bits per heavy atom. The first-order valence-electron chi connectivity index (χ1n) is 13.2. The second kappa shape index (κ2) is 13.0. The first-order chi connectivity index (χ1) is 21.7. The fraction of sp³-hybridized carbons (Fsp3) is 0.0625. The zero-order valence-electron chi connectivity index (χ0n) is 23.2. The van der Waals surface area contributed by atoms with Gasteiger partial charge < -0.3 is 19.2 Å². The maximum Gasteiger partial charge on any atom is 0.282 e. The number of furan rings is 1. The van der Waals surface area contributed by atoms with Gasteiger partial charge in [0.1, 0.15) is 11.4 Å². The van der Waals surface area contributed by atoms with Crippen LogP contribution in [0.5, 0.6) is 11.5 Å². The summed E-state index contributed by atoms with van der Waals surface area (Å²) in [5.74, 6) is 0.279. The van der Waals surface area contributed by atoms with Crippen molar-refractivity contribution < 1.29 is 23.1 Å². The number of aromatic nitrogens is 2. The average molecular weight is 799 g/mol. The van der Waals surface area contributed by atoms with Gasteiger partial charge >= 0.3 is 0 Å². The van der Waals surface area contributed by atoms with Crippen LogP contribution in [0.3, 0.4) is 0 Å². The van der Waals surface area contributed by atoms with Gasteiger partial charge in [-0.15, -0.1) is 0 Å². The number of carbonyl (C=O) groups is 1. The minimum atomic E-state index is -0.453. The zero-order valence-corrected chi connectivity index (χ0v) is 27.9. The Bertz CT molecular complexity index is 2180. The van der Waals surface area contributed by atoms with Crippen LogP contribution in [0.15, 0.2) is 107 Å². The molecule has 0 saturated heterocycles. The van der Waals surface area contributed by atoms with Crippen LogP contribution < -0.4 is 20.3 Å². The zero-order chi connectivity index (χ0) is 31.7. The molecule has 4 aromatic carbocycles. The average Bonchev–Trinajstić information content (AvgIpc) is 3.46. The molecule has 9 nitrogen and oxygen atoms in total. The molecule has 6 aromatic rings. The predicted molar refractivity (Wildman–Crippen MR) is 181 cm³/mol. The summed E-state index contributed by atoms with van der Waals surface area (Å²) in [4.78, 5) is 30.9. The van der Waals surface area contributed by atoms with Gasteiger partial charge in [-0.2, -0.15) is 9.78 Å². The molecule has 0 radical (unpaired) electrons. The van der Waals surface area contributed by atoms with E-state index in [4.69, 9.17) is 18.9 Å². The van der Waals surface area contributed by atoms with E-state index in [0.29, 0.717) is 48.2 Å². The highest BCUT2D eigenvalue weighted by Crippen LogP contribution is 2.42. The number of nitrogens with zero attached hydrogens (tertiary/aromatic N) is 3. The van der Waals surface area contributed by atoms with Crippen molar-refractivity contribution in [3.63, 3.8) is 0 Å². The SMILES string of the molecule is COc1cc(C=Nn2c(-c3cc4cc(Br)ccc4o3)nc3ccccc3c2=O)c(Br)c(Br)c1OCC(=O)Nc1ccc(F)cc1. The summed E-state index contributed by atoms with van der Waals surface area (Å²) in [5, 5.41) is 8.39. The Morgan fingerprint density at radius 3 is 2.60 bits per heavy atom. The predicted octanol–water partition coefficient (Wildman–Crippen LogP) is 8.14. The van der Waals surface area contributed by atoms with E-state index in [-0.39, 0.29) is 23.7 Å². The minimum Gasteiger partial charge on any atom is -0.493 e. The van der Waals surface area contributed by atoms with E-state index < -0.39 is 11.7 Å². The molecule has 226 valence electrons. The summed E-state index contributed by atoms with van der Waals surface area (Å²) in [5.41, 5.74) is 1.70. The number of rotatable bonds is 8. The van der Waals surface area contributed by atoms with Crippen molar-refractivity contribution in [1.82, 2.24) is 9.66 Å². The van der Waals surface area contributed by atoms with Crippen LogP contribution in [0.4, 0.5) is 10.1 Å². The lowest BCUT2D eigenvalue weighted by Crippen LogP contribution is -2.20. The highest BCUT2D eigenvalue weighted by molar-refractivity contribution is 9.13. The van der Waals surface area contributed by atoms with Gasteiger partial charge in [-0.3, -0.25) is 9.59 Å². The molecule has 0 aliphatic carbocycles. The number of benzene rings is 4. The van der Waals surface area contributed by atoms with Gasteiger partial charge in [0.05, 0.1) is 28.7 Å². The molecule has 2 aromatic heterocycles. The summed E-state index contributed by atoms with van der Waals surface area (Å²) >= 11 is 10.5. The van der Waals surface area contributed by atoms with Crippen LogP contribution >= 0.6 is 47.8 Å². The first kappa shape index (κ1) is 30.7. The monoisotopic (exact) mass is 796 g/mol. The van der Waals surface area contributed by atoms with Crippen LogP contribution in [0, 0.1) is 5.82 Å². The van der Waals surface area contributed by atoms with Gasteiger partial charge in [-0.1, -0.05) is 28.1 Å². The number of para-hydroxylation sites is 1. The van der Waals surface area contributed by atoms with Crippen molar-refractivity contribution in [3.8, 4) is 23.1 Å². The van der Waals surface area contributed by atoms with Crippen LogP contribution in [0.1, 0.15) is 5.56 Å². The number of anilines is 1. The molecule has 13 heteroatoms. The van der Waals surface area contributed by atoms with Crippen molar-refractivity contribution in [3.05, 3.63) is 114 Å². The number of ether oxygens (including phenoxy) is 2. The quantitative estimate of drug-likeness (QED) is 0.156. The standard InChI is InChI=1S/C32H20Br3FN4O5/c1-43-25-14-18(28(34)29(35)30(25)44-16-27(41)38-21-9-7-20(36)8-10-21)15-37-40-31(39-23-5-3-2-4-22(23)32(40)42)26-13-17-12-19(33)6-11-24(17)45-26/h2-15H,16H2,1H3,(H,38,41). The Morgan fingerprint density at radius 2 is 1.82 bits per heavy atom.